The highest BCUT2D eigenvalue weighted by Gasteiger charge is 2.27. The van der Waals surface area contributed by atoms with E-state index in [9.17, 15) is 9.59 Å². The molecule has 2 N–H and O–H groups in total. The van der Waals surface area contributed by atoms with Crippen LogP contribution >= 0.6 is 23.2 Å². The number of carbonyl (C=O) groups is 2. The summed E-state index contributed by atoms with van der Waals surface area (Å²) >= 11 is 12.1. The van der Waals surface area contributed by atoms with Gasteiger partial charge in [0.2, 0.25) is 0 Å². The van der Waals surface area contributed by atoms with E-state index >= 15 is 0 Å². The number of hydrogen-bond acceptors (Lipinski definition) is 3. The number of nitrogens with zero attached hydrogens (tertiary/aromatic N) is 2. The SMILES string of the molecule is C[C@@H]1C[C@H](C)CN(C(=O)c2ccc(N3CCCCC3)c(NC(=O)Nc3ccc(Cl)c(Cl)c3)c2)C1. The maximum Gasteiger partial charge on any atom is 0.323 e. The zero-order valence-electron chi connectivity index (χ0n) is 19.7. The first-order valence-corrected chi connectivity index (χ1v) is 12.8. The topological polar surface area (TPSA) is 64.7 Å². The normalized spacial score (nSPS) is 20.7. The van der Waals surface area contributed by atoms with E-state index in [1.165, 1.54) is 6.42 Å². The minimum Gasteiger partial charge on any atom is -0.370 e. The molecule has 2 saturated heterocycles. The van der Waals surface area contributed by atoms with Gasteiger partial charge in [0.25, 0.3) is 5.91 Å². The summed E-state index contributed by atoms with van der Waals surface area (Å²) in [6, 6.07) is 10.2. The van der Waals surface area contributed by atoms with Gasteiger partial charge in [0.1, 0.15) is 0 Å². The van der Waals surface area contributed by atoms with Gasteiger partial charge in [-0.3, -0.25) is 4.79 Å². The van der Waals surface area contributed by atoms with Crippen LogP contribution in [0.2, 0.25) is 10.0 Å². The van der Waals surface area contributed by atoms with Gasteiger partial charge in [0.15, 0.2) is 0 Å². The predicted octanol–water partition coefficient (Wildman–Crippen LogP) is 6.75. The van der Waals surface area contributed by atoms with E-state index in [1.54, 1.807) is 18.2 Å². The van der Waals surface area contributed by atoms with Crippen molar-refractivity contribution in [3.05, 3.63) is 52.0 Å². The standard InChI is InChI=1S/C26H32Cl2N4O2/c1-17-12-18(2)16-32(15-17)25(33)19-6-9-24(31-10-4-3-5-11-31)23(13-19)30-26(34)29-20-7-8-21(27)22(28)14-20/h6-9,13-14,17-18H,3-5,10-12,15-16H2,1-2H3,(H2,29,30,34)/t17-,18+. The molecule has 4 rings (SSSR count). The number of rotatable bonds is 4. The summed E-state index contributed by atoms with van der Waals surface area (Å²) in [6.07, 6.45) is 4.57. The van der Waals surface area contributed by atoms with E-state index in [4.69, 9.17) is 23.2 Å². The van der Waals surface area contributed by atoms with Crippen LogP contribution in [0.3, 0.4) is 0 Å². The van der Waals surface area contributed by atoms with Crippen LogP contribution in [0.5, 0.6) is 0 Å². The molecule has 2 aliphatic heterocycles. The van der Waals surface area contributed by atoms with Gasteiger partial charge in [-0.25, -0.2) is 4.79 Å². The third-order valence-electron chi connectivity index (χ3n) is 6.52. The summed E-state index contributed by atoms with van der Waals surface area (Å²) in [5.74, 6) is 0.973. The second-order valence-electron chi connectivity index (χ2n) is 9.64. The molecule has 2 aromatic rings. The lowest BCUT2D eigenvalue weighted by molar-refractivity contribution is 0.0623. The summed E-state index contributed by atoms with van der Waals surface area (Å²) in [5, 5.41) is 6.56. The first kappa shape index (κ1) is 24.7. The average Bonchev–Trinajstić information content (AvgIpc) is 2.81. The number of carbonyl (C=O) groups excluding carboxylic acids is 2. The number of urea groups is 1. The van der Waals surface area contributed by atoms with E-state index in [1.807, 2.05) is 23.1 Å². The molecule has 0 aromatic heterocycles. The van der Waals surface area contributed by atoms with Crippen molar-refractivity contribution in [1.29, 1.82) is 0 Å². The van der Waals surface area contributed by atoms with Crippen molar-refractivity contribution in [1.82, 2.24) is 4.90 Å². The average molecular weight is 503 g/mol. The fourth-order valence-electron chi connectivity index (χ4n) is 5.05. The molecule has 0 unspecified atom stereocenters. The number of halogens is 2. The molecule has 8 heteroatoms. The smallest absolute Gasteiger partial charge is 0.323 e. The Labute approximate surface area is 211 Å². The van der Waals surface area contributed by atoms with E-state index < -0.39 is 6.03 Å². The second-order valence-corrected chi connectivity index (χ2v) is 10.5. The van der Waals surface area contributed by atoms with Crippen molar-refractivity contribution in [2.45, 2.75) is 39.5 Å². The van der Waals surface area contributed by atoms with Gasteiger partial charge >= 0.3 is 6.03 Å². The van der Waals surface area contributed by atoms with Crippen LogP contribution in [0, 0.1) is 11.8 Å². The number of benzene rings is 2. The van der Waals surface area contributed by atoms with Gasteiger partial charge in [-0.15, -0.1) is 0 Å². The third kappa shape index (κ3) is 5.97. The number of piperidine rings is 2. The van der Waals surface area contributed by atoms with Crippen molar-refractivity contribution < 1.29 is 9.59 Å². The molecule has 3 amide bonds. The first-order valence-electron chi connectivity index (χ1n) is 12.0. The largest absolute Gasteiger partial charge is 0.370 e. The number of anilines is 3. The molecule has 0 radical (unpaired) electrons. The van der Waals surface area contributed by atoms with E-state index in [-0.39, 0.29) is 5.91 Å². The van der Waals surface area contributed by atoms with Crippen LogP contribution in [0.4, 0.5) is 21.9 Å². The molecular weight excluding hydrogens is 471 g/mol. The molecule has 0 bridgehead atoms. The second kappa shape index (κ2) is 10.9. The Hall–Kier alpha value is -2.44. The predicted molar refractivity (Wildman–Crippen MR) is 140 cm³/mol. The number of nitrogens with one attached hydrogen (secondary N) is 2. The Morgan fingerprint density at radius 3 is 2.26 bits per heavy atom. The molecule has 2 aliphatic rings. The minimum absolute atomic E-state index is 0.0107. The molecule has 0 spiro atoms. The molecule has 182 valence electrons. The van der Waals surface area contributed by atoms with Gasteiger partial charge in [0.05, 0.1) is 21.4 Å². The Morgan fingerprint density at radius 2 is 1.59 bits per heavy atom. The molecule has 2 fully saturated rings. The van der Waals surface area contributed by atoms with Gasteiger partial charge in [-0.2, -0.15) is 0 Å². The van der Waals surface area contributed by atoms with Crippen molar-refractivity contribution in [3.63, 3.8) is 0 Å². The van der Waals surface area contributed by atoms with E-state index in [0.717, 1.165) is 51.1 Å². The van der Waals surface area contributed by atoms with Crippen molar-refractivity contribution in [2.24, 2.45) is 11.8 Å². The highest BCUT2D eigenvalue weighted by molar-refractivity contribution is 6.42. The van der Waals surface area contributed by atoms with Crippen LogP contribution in [-0.4, -0.2) is 43.0 Å². The molecule has 0 saturated carbocycles. The number of hydrogen-bond donors (Lipinski definition) is 2. The maximum absolute atomic E-state index is 13.3. The van der Waals surface area contributed by atoms with Crippen molar-refractivity contribution in [2.75, 3.05) is 41.7 Å². The van der Waals surface area contributed by atoms with E-state index in [0.29, 0.717) is 38.8 Å². The number of amides is 3. The summed E-state index contributed by atoms with van der Waals surface area (Å²) in [6.45, 7) is 7.76. The third-order valence-corrected chi connectivity index (χ3v) is 7.26. The Kier molecular flexibility index (Phi) is 7.89. The maximum atomic E-state index is 13.3. The summed E-state index contributed by atoms with van der Waals surface area (Å²) in [5.41, 5.74) is 2.69. The first-order chi connectivity index (χ1) is 16.3. The monoisotopic (exact) mass is 502 g/mol. The van der Waals surface area contributed by atoms with Crippen LogP contribution in [0.15, 0.2) is 36.4 Å². The fraction of sp³-hybridized carbons (Fsp3) is 0.462. The van der Waals surface area contributed by atoms with Crippen LogP contribution in [0.1, 0.15) is 49.9 Å². The summed E-state index contributed by atoms with van der Waals surface area (Å²) < 4.78 is 0. The van der Waals surface area contributed by atoms with E-state index in [2.05, 4.69) is 29.4 Å². The zero-order chi connectivity index (χ0) is 24.2. The van der Waals surface area contributed by atoms with Crippen LogP contribution in [-0.2, 0) is 0 Å². The molecule has 2 heterocycles. The van der Waals surface area contributed by atoms with Crippen molar-refractivity contribution in [3.8, 4) is 0 Å². The highest BCUT2D eigenvalue weighted by Crippen LogP contribution is 2.32. The van der Waals surface area contributed by atoms with Crippen LogP contribution in [0.25, 0.3) is 0 Å². The molecule has 0 aliphatic carbocycles. The minimum atomic E-state index is -0.401. The van der Waals surface area contributed by atoms with Gasteiger partial charge < -0.3 is 20.4 Å². The van der Waals surface area contributed by atoms with Gasteiger partial charge in [0, 0.05) is 37.4 Å². The van der Waals surface area contributed by atoms with Gasteiger partial charge in [-0.05, 0) is 73.9 Å². The molecule has 2 atom stereocenters. The molecular formula is C26H32Cl2N4O2. The van der Waals surface area contributed by atoms with Crippen molar-refractivity contribution >= 4 is 52.2 Å². The summed E-state index contributed by atoms with van der Waals surface area (Å²) in [7, 11) is 0. The lowest BCUT2D eigenvalue weighted by atomic mass is 9.91. The molecule has 2 aromatic carbocycles. The Balaban J connectivity index is 1.57. The molecule has 6 nitrogen and oxygen atoms in total. The Bertz CT molecular complexity index is 1050. The Morgan fingerprint density at radius 1 is 0.882 bits per heavy atom. The highest BCUT2D eigenvalue weighted by atomic mass is 35.5. The zero-order valence-corrected chi connectivity index (χ0v) is 21.3. The molecule has 34 heavy (non-hydrogen) atoms. The summed E-state index contributed by atoms with van der Waals surface area (Å²) in [4.78, 5) is 30.4. The lowest BCUT2D eigenvalue weighted by Crippen LogP contribution is -2.42. The lowest BCUT2D eigenvalue weighted by Gasteiger charge is -2.35. The van der Waals surface area contributed by atoms with Crippen LogP contribution < -0.4 is 15.5 Å². The fourth-order valence-corrected chi connectivity index (χ4v) is 5.35. The number of likely N-dealkylation sites (tertiary alicyclic amines) is 1. The quantitative estimate of drug-likeness (QED) is 0.485. The van der Waals surface area contributed by atoms with Gasteiger partial charge in [-0.1, -0.05) is 37.0 Å².